The Kier molecular flexibility index (Phi) is 6.06. The van der Waals surface area contributed by atoms with E-state index >= 15 is 0 Å². The Labute approximate surface area is 176 Å². The molecule has 0 aliphatic heterocycles. The maximum absolute atomic E-state index is 13.2. The minimum Gasteiger partial charge on any atom is -0.401 e. The van der Waals surface area contributed by atoms with Crippen LogP contribution in [0.25, 0.3) is 16.6 Å². The van der Waals surface area contributed by atoms with Crippen LogP contribution in [0, 0.1) is 18.3 Å². The van der Waals surface area contributed by atoms with Gasteiger partial charge in [0, 0.05) is 10.7 Å². The van der Waals surface area contributed by atoms with E-state index in [1.165, 1.54) is 11.5 Å². The van der Waals surface area contributed by atoms with Gasteiger partial charge in [0.15, 0.2) is 10.9 Å². The first-order valence-corrected chi connectivity index (χ1v) is 10.0. The maximum Gasteiger partial charge on any atom is 0.266 e. The molecule has 1 heterocycles. The number of aromatic nitrogens is 2. The van der Waals surface area contributed by atoms with Crippen LogP contribution < -0.4 is 11.3 Å². The molecule has 29 heavy (non-hydrogen) atoms. The average Bonchev–Trinajstić information content (AvgIpc) is 2.69. The standard InChI is InChI=1S/C21H17ClN4O2S/c1-12-7-8-14(9-17(12)22)26-20(28)15-5-3-4-6-18(15)25-21(26)29-11-19(27)16(10-23)13(2)24/h3-9H,11,24H2,1-2H3/b16-13+. The number of halogens is 1. The number of nitrogens with zero attached hydrogens (tertiary/aromatic N) is 3. The number of aryl methyl sites for hydroxylation is 1. The number of allylic oxidation sites excluding steroid dienone is 2. The van der Waals surface area contributed by atoms with Gasteiger partial charge in [-0.25, -0.2) is 4.98 Å². The number of nitrogens with two attached hydrogens (primary N) is 1. The van der Waals surface area contributed by atoms with E-state index in [0.29, 0.717) is 26.8 Å². The van der Waals surface area contributed by atoms with E-state index in [-0.39, 0.29) is 22.6 Å². The third-order valence-electron chi connectivity index (χ3n) is 4.28. The van der Waals surface area contributed by atoms with Gasteiger partial charge >= 0.3 is 0 Å². The summed E-state index contributed by atoms with van der Waals surface area (Å²) in [7, 11) is 0. The molecule has 146 valence electrons. The zero-order valence-electron chi connectivity index (χ0n) is 15.8. The third-order valence-corrected chi connectivity index (χ3v) is 5.62. The monoisotopic (exact) mass is 424 g/mol. The summed E-state index contributed by atoms with van der Waals surface area (Å²) in [6.45, 7) is 3.37. The fourth-order valence-electron chi connectivity index (χ4n) is 2.73. The number of hydrogen-bond acceptors (Lipinski definition) is 6. The topological polar surface area (TPSA) is 102 Å². The molecule has 3 rings (SSSR count). The Morgan fingerprint density at radius 2 is 2.03 bits per heavy atom. The Bertz CT molecular complexity index is 1250. The number of Topliss-reactive ketones (excluding diaryl/α,β-unsaturated/α-hetero) is 1. The Morgan fingerprint density at radius 3 is 2.69 bits per heavy atom. The van der Waals surface area contributed by atoms with Gasteiger partial charge in [-0.3, -0.25) is 14.2 Å². The highest BCUT2D eigenvalue weighted by Gasteiger charge is 2.17. The molecule has 3 aromatic rings. The van der Waals surface area contributed by atoms with Crippen LogP contribution in [0.3, 0.4) is 0 Å². The number of carbonyl (C=O) groups is 1. The van der Waals surface area contributed by atoms with E-state index in [1.807, 2.05) is 19.1 Å². The molecule has 0 aliphatic carbocycles. The number of hydrogen-bond donors (Lipinski definition) is 1. The lowest BCUT2D eigenvalue weighted by Gasteiger charge is -2.14. The molecule has 0 spiro atoms. The highest BCUT2D eigenvalue weighted by atomic mass is 35.5. The van der Waals surface area contributed by atoms with Crippen LogP contribution in [0.2, 0.25) is 5.02 Å². The lowest BCUT2D eigenvalue weighted by molar-refractivity contribution is -0.112. The highest BCUT2D eigenvalue weighted by Crippen LogP contribution is 2.25. The van der Waals surface area contributed by atoms with E-state index in [9.17, 15) is 9.59 Å². The van der Waals surface area contributed by atoms with Crippen LogP contribution in [-0.2, 0) is 4.79 Å². The first kappa shape index (κ1) is 20.6. The number of ketones is 1. The second-order valence-corrected chi connectivity index (χ2v) is 7.72. The van der Waals surface area contributed by atoms with Crippen molar-refractivity contribution < 1.29 is 4.79 Å². The SMILES string of the molecule is C/C(N)=C(/C#N)C(=O)CSc1nc2ccccc2c(=O)n1-c1ccc(C)c(Cl)c1. The zero-order valence-corrected chi connectivity index (χ0v) is 17.3. The van der Waals surface area contributed by atoms with Gasteiger partial charge in [-0.2, -0.15) is 5.26 Å². The van der Waals surface area contributed by atoms with Gasteiger partial charge in [-0.05, 0) is 43.7 Å². The van der Waals surface area contributed by atoms with E-state index < -0.39 is 5.78 Å². The Balaban J connectivity index is 2.14. The molecule has 2 aromatic carbocycles. The molecule has 0 bridgehead atoms. The van der Waals surface area contributed by atoms with Gasteiger partial charge in [0.25, 0.3) is 5.56 Å². The Hall–Kier alpha value is -3.08. The van der Waals surface area contributed by atoms with Crippen molar-refractivity contribution in [3.05, 3.63) is 74.7 Å². The van der Waals surface area contributed by atoms with Gasteiger partial charge in [0.2, 0.25) is 0 Å². The largest absolute Gasteiger partial charge is 0.401 e. The summed E-state index contributed by atoms with van der Waals surface area (Å²) in [5.74, 6) is -0.504. The molecule has 0 atom stereocenters. The molecular formula is C21H17ClN4O2S. The number of fused-ring (bicyclic) bond motifs is 1. The van der Waals surface area contributed by atoms with Gasteiger partial charge in [-0.15, -0.1) is 0 Å². The smallest absolute Gasteiger partial charge is 0.266 e. The average molecular weight is 425 g/mol. The maximum atomic E-state index is 13.2. The number of nitriles is 1. The molecule has 0 amide bonds. The molecule has 1 aromatic heterocycles. The fraction of sp³-hybridized carbons (Fsp3) is 0.143. The minimum absolute atomic E-state index is 0.0815. The van der Waals surface area contributed by atoms with Crippen LogP contribution in [0.5, 0.6) is 0 Å². The van der Waals surface area contributed by atoms with Crippen molar-refractivity contribution >= 4 is 40.0 Å². The van der Waals surface area contributed by atoms with E-state index in [1.54, 1.807) is 36.4 Å². The van der Waals surface area contributed by atoms with Gasteiger partial charge < -0.3 is 5.73 Å². The minimum atomic E-state index is -0.423. The van der Waals surface area contributed by atoms with Gasteiger partial charge in [0.05, 0.1) is 22.3 Å². The van der Waals surface area contributed by atoms with Gasteiger partial charge in [-0.1, -0.05) is 41.6 Å². The van der Waals surface area contributed by atoms with Gasteiger partial charge in [0.1, 0.15) is 11.6 Å². The number of carbonyl (C=O) groups excluding carboxylic acids is 1. The molecule has 2 N–H and O–H groups in total. The zero-order chi connectivity index (χ0) is 21.1. The molecule has 0 radical (unpaired) electrons. The lowest BCUT2D eigenvalue weighted by atomic mass is 10.2. The molecule has 8 heteroatoms. The van der Waals surface area contributed by atoms with Crippen molar-refractivity contribution in [1.29, 1.82) is 5.26 Å². The summed E-state index contributed by atoms with van der Waals surface area (Å²) in [5, 5.41) is 10.4. The van der Waals surface area contributed by atoms with Crippen molar-refractivity contribution in [2.75, 3.05) is 5.75 Å². The van der Waals surface area contributed by atoms with Crippen molar-refractivity contribution in [2.24, 2.45) is 5.73 Å². The lowest BCUT2D eigenvalue weighted by Crippen LogP contribution is -2.22. The second-order valence-electron chi connectivity index (χ2n) is 6.37. The molecule has 0 saturated carbocycles. The number of rotatable bonds is 5. The summed E-state index contributed by atoms with van der Waals surface area (Å²) >= 11 is 7.33. The quantitative estimate of drug-likeness (QED) is 0.289. The van der Waals surface area contributed by atoms with E-state index in [2.05, 4.69) is 4.98 Å². The number of para-hydroxylation sites is 1. The predicted molar refractivity (Wildman–Crippen MR) is 115 cm³/mol. The summed E-state index contributed by atoms with van der Waals surface area (Å²) in [6.07, 6.45) is 0. The van der Waals surface area contributed by atoms with E-state index in [0.717, 1.165) is 17.3 Å². The van der Waals surface area contributed by atoms with Crippen LogP contribution in [0.15, 0.2) is 63.7 Å². The van der Waals surface area contributed by atoms with E-state index in [4.69, 9.17) is 22.6 Å². The first-order valence-electron chi connectivity index (χ1n) is 8.64. The van der Waals surface area contributed by atoms with Crippen LogP contribution in [-0.4, -0.2) is 21.1 Å². The second kappa shape index (κ2) is 8.52. The van der Waals surface area contributed by atoms with Crippen LogP contribution in [0.4, 0.5) is 0 Å². The molecule has 0 fully saturated rings. The Morgan fingerprint density at radius 1 is 1.31 bits per heavy atom. The summed E-state index contributed by atoms with van der Waals surface area (Å²) < 4.78 is 1.43. The number of thioether (sulfide) groups is 1. The number of benzene rings is 2. The first-order chi connectivity index (χ1) is 13.8. The third kappa shape index (κ3) is 4.19. The molecule has 0 unspecified atom stereocenters. The molecule has 0 saturated heterocycles. The fourth-order valence-corrected chi connectivity index (χ4v) is 3.79. The highest BCUT2D eigenvalue weighted by molar-refractivity contribution is 7.99. The van der Waals surface area contributed by atoms with Crippen LogP contribution >= 0.6 is 23.4 Å². The summed E-state index contributed by atoms with van der Waals surface area (Å²) in [5.41, 5.74) is 7.36. The summed E-state index contributed by atoms with van der Waals surface area (Å²) in [4.78, 5) is 30.1. The van der Waals surface area contributed by atoms with Crippen molar-refractivity contribution in [2.45, 2.75) is 19.0 Å². The van der Waals surface area contributed by atoms with Crippen molar-refractivity contribution in [1.82, 2.24) is 9.55 Å². The molecule has 0 aliphatic rings. The van der Waals surface area contributed by atoms with Crippen molar-refractivity contribution in [3.8, 4) is 11.8 Å². The predicted octanol–water partition coefficient (Wildman–Crippen LogP) is 3.77. The molecule has 6 nitrogen and oxygen atoms in total. The molecular weight excluding hydrogens is 408 g/mol. The van der Waals surface area contributed by atoms with Crippen molar-refractivity contribution in [3.63, 3.8) is 0 Å². The normalized spacial score (nSPS) is 11.8. The van der Waals surface area contributed by atoms with Crippen LogP contribution in [0.1, 0.15) is 12.5 Å². The summed E-state index contributed by atoms with van der Waals surface area (Å²) in [6, 6.07) is 14.1.